The molecule has 0 amide bonds. The lowest BCUT2D eigenvalue weighted by molar-refractivity contribution is 0.231. The molecule has 1 aromatic carbocycles. The fourth-order valence-electron chi connectivity index (χ4n) is 2.46. The van der Waals surface area contributed by atoms with E-state index in [0.717, 1.165) is 30.0 Å². The molecule has 1 aliphatic rings. The van der Waals surface area contributed by atoms with Crippen molar-refractivity contribution in [2.24, 2.45) is 5.92 Å². The van der Waals surface area contributed by atoms with Gasteiger partial charge in [-0.05, 0) is 36.0 Å². The van der Waals surface area contributed by atoms with Crippen molar-refractivity contribution >= 4 is 10.9 Å². The van der Waals surface area contributed by atoms with Crippen molar-refractivity contribution in [3.8, 4) is 5.75 Å². The van der Waals surface area contributed by atoms with Crippen molar-refractivity contribution in [3.63, 3.8) is 0 Å². The summed E-state index contributed by atoms with van der Waals surface area (Å²) in [6.07, 6.45) is 1.02. The zero-order chi connectivity index (χ0) is 12.7. The maximum atomic E-state index is 5.76. The first-order valence-electron chi connectivity index (χ1n) is 6.70. The molecule has 0 bridgehead atoms. The van der Waals surface area contributed by atoms with Crippen molar-refractivity contribution in [1.82, 2.24) is 4.98 Å². The van der Waals surface area contributed by atoms with Crippen LogP contribution in [0.2, 0.25) is 0 Å². The molecule has 0 spiro atoms. The van der Waals surface area contributed by atoms with Gasteiger partial charge in [0.2, 0.25) is 0 Å². The number of benzene rings is 1. The minimum absolute atomic E-state index is 0.544. The van der Waals surface area contributed by atoms with E-state index in [9.17, 15) is 0 Å². The summed E-state index contributed by atoms with van der Waals surface area (Å²) in [6, 6.07) is 8.68. The number of hydrogen-bond donors (Lipinski definition) is 0. The van der Waals surface area contributed by atoms with Crippen molar-refractivity contribution < 1.29 is 4.74 Å². The molecule has 1 aromatic heterocycles. The van der Waals surface area contributed by atoms with Gasteiger partial charge in [-0.2, -0.15) is 0 Å². The molecule has 2 heteroatoms. The molecule has 0 aliphatic carbocycles. The maximum Gasteiger partial charge on any atom is 0.141 e. The van der Waals surface area contributed by atoms with Crippen molar-refractivity contribution in [1.29, 1.82) is 0 Å². The molecule has 94 valence electrons. The third-order valence-electron chi connectivity index (χ3n) is 3.61. The minimum atomic E-state index is 0.544. The van der Waals surface area contributed by atoms with Gasteiger partial charge in [-0.3, -0.25) is 0 Å². The van der Waals surface area contributed by atoms with Gasteiger partial charge in [0.1, 0.15) is 5.75 Å². The second-order valence-corrected chi connectivity index (χ2v) is 5.66. The van der Waals surface area contributed by atoms with Crippen LogP contribution in [0, 0.1) is 5.92 Å². The van der Waals surface area contributed by atoms with E-state index in [1.165, 1.54) is 10.9 Å². The second-order valence-electron chi connectivity index (χ2n) is 5.66. The number of rotatable bonds is 1. The van der Waals surface area contributed by atoms with Gasteiger partial charge < -0.3 is 4.74 Å². The lowest BCUT2D eigenvalue weighted by Gasteiger charge is -2.22. The third kappa shape index (κ3) is 1.96. The van der Waals surface area contributed by atoms with Gasteiger partial charge in [0.25, 0.3) is 0 Å². The van der Waals surface area contributed by atoms with Crippen LogP contribution in [0.25, 0.3) is 10.9 Å². The van der Waals surface area contributed by atoms with Crippen molar-refractivity contribution in [3.05, 3.63) is 35.5 Å². The Kier molecular flexibility index (Phi) is 2.73. The molecule has 1 atom stereocenters. The number of pyridine rings is 1. The highest BCUT2D eigenvalue weighted by Crippen LogP contribution is 2.30. The lowest BCUT2D eigenvalue weighted by Crippen LogP contribution is -2.19. The van der Waals surface area contributed by atoms with Gasteiger partial charge in [0.15, 0.2) is 0 Å². The molecule has 0 saturated heterocycles. The number of hydrogen-bond acceptors (Lipinski definition) is 2. The van der Waals surface area contributed by atoms with Crippen LogP contribution >= 0.6 is 0 Å². The molecule has 0 N–H and O–H groups in total. The van der Waals surface area contributed by atoms with E-state index in [4.69, 9.17) is 9.72 Å². The van der Waals surface area contributed by atoms with Crippen LogP contribution in [-0.4, -0.2) is 11.6 Å². The molecule has 0 fully saturated rings. The quantitative estimate of drug-likeness (QED) is 0.754. The van der Waals surface area contributed by atoms with Gasteiger partial charge in [-0.1, -0.05) is 32.9 Å². The topological polar surface area (TPSA) is 22.1 Å². The predicted octanol–water partition coefficient (Wildman–Crippen LogP) is 3.93. The molecule has 2 aromatic rings. The standard InChI is InChI=1S/C16H19NO/c1-10(2)12-4-5-13-8-16-15(17-14(13)7-12)6-11(3)9-18-16/h4-5,7-8,10-11H,6,9H2,1-3H3/t11-/m1/s1. The van der Waals surface area contributed by atoms with Crippen molar-refractivity contribution in [2.45, 2.75) is 33.1 Å². The first kappa shape index (κ1) is 11.5. The number of ether oxygens (including phenoxy) is 1. The normalized spacial score (nSPS) is 18.8. The molecular weight excluding hydrogens is 222 g/mol. The molecule has 3 rings (SSSR count). The smallest absolute Gasteiger partial charge is 0.141 e. The Morgan fingerprint density at radius 1 is 1.28 bits per heavy atom. The van der Waals surface area contributed by atoms with E-state index < -0.39 is 0 Å². The zero-order valence-electron chi connectivity index (χ0n) is 11.2. The molecule has 0 unspecified atom stereocenters. The van der Waals surface area contributed by atoms with Crippen LogP contribution in [0.4, 0.5) is 0 Å². The Hall–Kier alpha value is -1.57. The summed E-state index contributed by atoms with van der Waals surface area (Å²) in [5, 5.41) is 1.17. The van der Waals surface area contributed by atoms with Gasteiger partial charge in [-0.25, -0.2) is 4.98 Å². The fraction of sp³-hybridized carbons (Fsp3) is 0.438. The Bertz CT molecular complexity index is 589. The summed E-state index contributed by atoms with van der Waals surface area (Å²) in [5.74, 6) is 2.08. The first-order chi connectivity index (χ1) is 8.63. The lowest BCUT2D eigenvalue weighted by atomic mass is 9.99. The third-order valence-corrected chi connectivity index (χ3v) is 3.61. The van der Waals surface area contributed by atoms with Gasteiger partial charge >= 0.3 is 0 Å². The van der Waals surface area contributed by atoms with Crippen LogP contribution in [0.3, 0.4) is 0 Å². The highest BCUT2D eigenvalue weighted by atomic mass is 16.5. The highest BCUT2D eigenvalue weighted by Gasteiger charge is 2.18. The molecule has 0 radical (unpaired) electrons. The van der Waals surface area contributed by atoms with Gasteiger partial charge in [0.05, 0.1) is 17.8 Å². The highest BCUT2D eigenvalue weighted by molar-refractivity contribution is 5.81. The second kappa shape index (κ2) is 4.27. The molecule has 0 saturated carbocycles. The Morgan fingerprint density at radius 3 is 2.89 bits per heavy atom. The summed E-state index contributed by atoms with van der Waals surface area (Å²) in [6.45, 7) is 7.44. The number of nitrogens with zero attached hydrogens (tertiary/aromatic N) is 1. The Balaban J connectivity index is 2.13. The van der Waals surface area contributed by atoms with Crippen LogP contribution < -0.4 is 4.74 Å². The molecular formula is C16H19NO. The van der Waals surface area contributed by atoms with Crippen LogP contribution in [0.1, 0.15) is 37.9 Å². The summed E-state index contributed by atoms with van der Waals surface area (Å²) in [5.41, 5.74) is 3.56. The molecule has 2 heterocycles. The maximum absolute atomic E-state index is 5.76. The van der Waals surface area contributed by atoms with E-state index in [0.29, 0.717) is 11.8 Å². The fourth-order valence-corrected chi connectivity index (χ4v) is 2.46. The van der Waals surface area contributed by atoms with E-state index in [-0.39, 0.29) is 0 Å². The van der Waals surface area contributed by atoms with Gasteiger partial charge in [-0.15, -0.1) is 0 Å². The van der Waals surface area contributed by atoms with Gasteiger partial charge in [0, 0.05) is 5.39 Å². The summed E-state index contributed by atoms with van der Waals surface area (Å²) < 4.78 is 5.76. The summed E-state index contributed by atoms with van der Waals surface area (Å²) >= 11 is 0. The van der Waals surface area contributed by atoms with Crippen LogP contribution in [-0.2, 0) is 6.42 Å². The summed E-state index contributed by atoms with van der Waals surface area (Å²) in [4.78, 5) is 4.78. The number of aromatic nitrogens is 1. The van der Waals surface area contributed by atoms with E-state index in [2.05, 4.69) is 45.0 Å². The van der Waals surface area contributed by atoms with Crippen LogP contribution in [0.5, 0.6) is 5.75 Å². The average Bonchev–Trinajstić information content (AvgIpc) is 2.35. The van der Waals surface area contributed by atoms with Crippen molar-refractivity contribution in [2.75, 3.05) is 6.61 Å². The zero-order valence-corrected chi connectivity index (χ0v) is 11.2. The predicted molar refractivity (Wildman–Crippen MR) is 74.2 cm³/mol. The van der Waals surface area contributed by atoms with Crippen LogP contribution in [0.15, 0.2) is 24.3 Å². The first-order valence-corrected chi connectivity index (χ1v) is 6.70. The summed E-state index contributed by atoms with van der Waals surface area (Å²) in [7, 11) is 0. The minimum Gasteiger partial charge on any atom is -0.491 e. The monoisotopic (exact) mass is 241 g/mol. The Labute approximate surface area is 108 Å². The Morgan fingerprint density at radius 2 is 2.11 bits per heavy atom. The molecule has 18 heavy (non-hydrogen) atoms. The van der Waals surface area contributed by atoms with E-state index in [1.54, 1.807) is 0 Å². The number of fused-ring (bicyclic) bond motifs is 2. The molecule has 2 nitrogen and oxygen atoms in total. The average molecular weight is 241 g/mol. The largest absolute Gasteiger partial charge is 0.491 e. The van der Waals surface area contributed by atoms with E-state index >= 15 is 0 Å². The van der Waals surface area contributed by atoms with E-state index in [1.807, 2.05) is 0 Å². The molecule has 1 aliphatic heterocycles. The SMILES string of the molecule is CC(C)c1ccc2cc3c(nc2c1)C[C@@H](C)CO3.